The van der Waals surface area contributed by atoms with Crippen molar-refractivity contribution in [2.45, 2.75) is 4.90 Å². The Morgan fingerprint density at radius 1 is 1.05 bits per heavy atom. The minimum Gasteiger partial charge on any atom is -0.396 e. The molecule has 4 nitrogen and oxygen atoms in total. The molecule has 3 N–H and O–H groups in total. The Kier molecular flexibility index (Phi) is 3.39. The lowest BCUT2D eigenvalue weighted by molar-refractivity contribution is 0.596. The molecule has 0 heterocycles. The van der Waals surface area contributed by atoms with Gasteiger partial charge in [0, 0.05) is 0 Å². The van der Waals surface area contributed by atoms with Gasteiger partial charge in [-0.05, 0) is 36.4 Å². The van der Waals surface area contributed by atoms with E-state index in [1.165, 1.54) is 24.3 Å². The molecule has 0 amide bonds. The Bertz CT molecular complexity index is 717. The molecular formula is C12H10F2N2O2S. The van der Waals surface area contributed by atoms with Crippen LogP contribution in [0.25, 0.3) is 0 Å². The average Bonchev–Trinajstić information content (AvgIpc) is 2.32. The van der Waals surface area contributed by atoms with E-state index in [0.717, 1.165) is 18.2 Å². The van der Waals surface area contributed by atoms with Crippen LogP contribution in [0.4, 0.5) is 20.2 Å². The van der Waals surface area contributed by atoms with Crippen LogP contribution in [-0.4, -0.2) is 8.42 Å². The van der Waals surface area contributed by atoms with Gasteiger partial charge in [0.2, 0.25) is 0 Å². The Morgan fingerprint density at radius 3 is 2.42 bits per heavy atom. The van der Waals surface area contributed by atoms with Gasteiger partial charge in [0.1, 0.15) is 11.6 Å². The number of nitrogen functional groups attached to an aromatic ring is 1. The van der Waals surface area contributed by atoms with Crippen LogP contribution >= 0.6 is 0 Å². The third-order valence-corrected chi connectivity index (χ3v) is 3.74. The molecule has 0 fully saturated rings. The number of sulfonamides is 1. The quantitative estimate of drug-likeness (QED) is 0.850. The maximum absolute atomic E-state index is 13.2. The highest BCUT2D eigenvalue weighted by molar-refractivity contribution is 7.92. The summed E-state index contributed by atoms with van der Waals surface area (Å²) in [5.74, 6) is -1.41. The van der Waals surface area contributed by atoms with Gasteiger partial charge >= 0.3 is 0 Å². The predicted octanol–water partition coefficient (Wildman–Crippen LogP) is 2.35. The number of hydrogen-bond donors (Lipinski definition) is 2. The summed E-state index contributed by atoms with van der Waals surface area (Å²) < 4.78 is 52.2. The van der Waals surface area contributed by atoms with E-state index in [1.807, 2.05) is 0 Å². The highest BCUT2D eigenvalue weighted by atomic mass is 32.2. The normalized spacial score (nSPS) is 11.3. The van der Waals surface area contributed by atoms with E-state index in [4.69, 9.17) is 5.73 Å². The molecule has 0 aliphatic carbocycles. The molecule has 0 bridgehead atoms. The number of benzene rings is 2. The van der Waals surface area contributed by atoms with E-state index in [0.29, 0.717) is 0 Å². The van der Waals surface area contributed by atoms with Crippen LogP contribution < -0.4 is 10.5 Å². The largest absolute Gasteiger partial charge is 0.396 e. The van der Waals surface area contributed by atoms with Gasteiger partial charge in [-0.2, -0.15) is 0 Å². The molecule has 0 atom stereocenters. The predicted molar refractivity (Wildman–Crippen MR) is 68.0 cm³/mol. The van der Waals surface area contributed by atoms with Crippen LogP contribution in [0.2, 0.25) is 0 Å². The van der Waals surface area contributed by atoms with Crippen molar-refractivity contribution in [3.05, 3.63) is 54.1 Å². The Hall–Kier alpha value is -2.15. The molecule has 0 aliphatic rings. The molecule has 0 spiro atoms. The van der Waals surface area contributed by atoms with E-state index in [1.54, 1.807) is 0 Å². The molecule has 100 valence electrons. The molecule has 0 saturated heterocycles. The lowest BCUT2D eigenvalue weighted by atomic mass is 10.3. The zero-order chi connectivity index (χ0) is 14.0. The summed E-state index contributed by atoms with van der Waals surface area (Å²) in [6.45, 7) is 0. The Balaban J connectivity index is 2.35. The van der Waals surface area contributed by atoms with E-state index in [9.17, 15) is 17.2 Å². The maximum atomic E-state index is 13.2. The van der Waals surface area contributed by atoms with Crippen molar-refractivity contribution in [3.8, 4) is 0 Å². The first-order valence-corrected chi connectivity index (χ1v) is 6.70. The van der Waals surface area contributed by atoms with E-state index >= 15 is 0 Å². The number of hydrogen-bond acceptors (Lipinski definition) is 3. The zero-order valence-corrected chi connectivity index (χ0v) is 10.4. The lowest BCUT2D eigenvalue weighted by Gasteiger charge is -2.08. The standard InChI is InChI=1S/C12H10F2N2O2S/c13-8-2-1-3-9(6-8)16-19(17,18)10-4-5-12(15)11(14)7-10/h1-7,16H,15H2. The van der Waals surface area contributed by atoms with Crippen LogP contribution in [-0.2, 0) is 10.0 Å². The minimum absolute atomic E-state index is 0.0530. The first kappa shape index (κ1) is 13.3. The van der Waals surface area contributed by atoms with Gasteiger partial charge < -0.3 is 5.73 Å². The Morgan fingerprint density at radius 2 is 1.79 bits per heavy atom. The summed E-state index contributed by atoms with van der Waals surface area (Å²) in [5, 5.41) is 0. The van der Waals surface area contributed by atoms with Crippen LogP contribution in [0.5, 0.6) is 0 Å². The second-order valence-electron chi connectivity index (χ2n) is 3.80. The topological polar surface area (TPSA) is 72.2 Å². The Labute approximate surface area is 108 Å². The van der Waals surface area contributed by atoms with Gasteiger partial charge in [-0.1, -0.05) is 6.07 Å². The first-order chi connectivity index (χ1) is 8.88. The zero-order valence-electron chi connectivity index (χ0n) is 9.60. The lowest BCUT2D eigenvalue weighted by Crippen LogP contribution is -2.13. The van der Waals surface area contributed by atoms with Gasteiger partial charge in [0.25, 0.3) is 10.0 Å². The van der Waals surface area contributed by atoms with E-state index in [2.05, 4.69) is 4.72 Å². The molecule has 0 aliphatic heterocycles. The molecule has 2 aromatic carbocycles. The number of nitrogens with two attached hydrogens (primary N) is 1. The summed E-state index contributed by atoms with van der Waals surface area (Å²) >= 11 is 0. The van der Waals surface area contributed by atoms with E-state index < -0.39 is 21.7 Å². The van der Waals surface area contributed by atoms with Crippen molar-refractivity contribution in [1.29, 1.82) is 0 Å². The fourth-order valence-corrected chi connectivity index (χ4v) is 2.50. The van der Waals surface area contributed by atoms with Gasteiger partial charge in [0.05, 0.1) is 16.3 Å². The smallest absolute Gasteiger partial charge is 0.261 e. The monoisotopic (exact) mass is 284 g/mol. The third kappa shape index (κ3) is 3.00. The summed E-state index contributed by atoms with van der Waals surface area (Å²) in [7, 11) is -3.98. The van der Waals surface area contributed by atoms with Crippen LogP contribution in [0.1, 0.15) is 0 Å². The second-order valence-corrected chi connectivity index (χ2v) is 5.48. The molecule has 0 radical (unpaired) electrons. The van der Waals surface area contributed by atoms with Crippen molar-refractivity contribution >= 4 is 21.4 Å². The molecule has 0 aromatic heterocycles. The molecule has 7 heteroatoms. The molecule has 2 rings (SSSR count). The molecular weight excluding hydrogens is 274 g/mol. The van der Waals surface area contributed by atoms with Crippen LogP contribution in [0, 0.1) is 11.6 Å². The number of halogens is 2. The number of nitrogens with one attached hydrogen (secondary N) is 1. The summed E-state index contributed by atoms with van der Waals surface area (Å²) in [5.41, 5.74) is 5.17. The third-order valence-electron chi connectivity index (χ3n) is 2.36. The average molecular weight is 284 g/mol. The molecule has 0 unspecified atom stereocenters. The van der Waals surface area contributed by atoms with Crippen molar-refractivity contribution < 1.29 is 17.2 Å². The highest BCUT2D eigenvalue weighted by Crippen LogP contribution is 2.20. The van der Waals surface area contributed by atoms with E-state index in [-0.39, 0.29) is 16.3 Å². The number of anilines is 2. The fourth-order valence-electron chi connectivity index (χ4n) is 1.44. The van der Waals surface area contributed by atoms with Gasteiger partial charge in [-0.15, -0.1) is 0 Å². The van der Waals surface area contributed by atoms with Crippen molar-refractivity contribution in [1.82, 2.24) is 0 Å². The van der Waals surface area contributed by atoms with Crippen LogP contribution in [0.15, 0.2) is 47.4 Å². The maximum Gasteiger partial charge on any atom is 0.261 e. The van der Waals surface area contributed by atoms with Crippen LogP contribution in [0.3, 0.4) is 0 Å². The second kappa shape index (κ2) is 4.85. The van der Waals surface area contributed by atoms with Crippen molar-refractivity contribution in [2.24, 2.45) is 0 Å². The van der Waals surface area contributed by atoms with Gasteiger partial charge in [0.15, 0.2) is 0 Å². The van der Waals surface area contributed by atoms with Crippen molar-refractivity contribution in [3.63, 3.8) is 0 Å². The number of rotatable bonds is 3. The minimum atomic E-state index is -3.98. The first-order valence-electron chi connectivity index (χ1n) is 5.22. The fraction of sp³-hybridized carbons (Fsp3) is 0. The molecule has 19 heavy (non-hydrogen) atoms. The summed E-state index contributed by atoms with van der Waals surface area (Å²) in [6, 6.07) is 8.06. The highest BCUT2D eigenvalue weighted by Gasteiger charge is 2.16. The van der Waals surface area contributed by atoms with Gasteiger partial charge in [-0.25, -0.2) is 17.2 Å². The summed E-state index contributed by atoms with van der Waals surface area (Å²) in [4.78, 5) is -0.288. The summed E-state index contributed by atoms with van der Waals surface area (Å²) in [6.07, 6.45) is 0. The SMILES string of the molecule is Nc1ccc(S(=O)(=O)Nc2cccc(F)c2)cc1F. The molecule has 2 aromatic rings. The van der Waals surface area contributed by atoms with Crippen molar-refractivity contribution in [2.75, 3.05) is 10.5 Å². The van der Waals surface area contributed by atoms with Gasteiger partial charge in [-0.3, -0.25) is 4.72 Å². The molecule has 0 saturated carbocycles.